The Kier molecular flexibility index (Phi) is 6.56. The summed E-state index contributed by atoms with van der Waals surface area (Å²) >= 11 is 12.0. The van der Waals surface area contributed by atoms with Crippen molar-refractivity contribution in [1.29, 1.82) is 5.26 Å². The van der Waals surface area contributed by atoms with Gasteiger partial charge in [-0.15, -0.1) is 0 Å². The lowest BCUT2D eigenvalue weighted by atomic mass is 10.0. The average molecular weight is 493 g/mol. The van der Waals surface area contributed by atoms with Crippen LogP contribution in [0.3, 0.4) is 0 Å². The summed E-state index contributed by atoms with van der Waals surface area (Å²) in [4.78, 5) is 33.8. The maximum atomic E-state index is 14.7. The summed E-state index contributed by atoms with van der Waals surface area (Å²) in [5.41, 5.74) is 0.367. The fourth-order valence-corrected chi connectivity index (χ4v) is 4.21. The van der Waals surface area contributed by atoms with Crippen molar-refractivity contribution in [3.8, 4) is 6.07 Å². The van der Waals surface area contributed by atoms with Crippen molar-refractivity contribution in [1.82, 2.24) is 25.2 Å². The van der Waals surface area contributed by atoms with Crippen LogP contribution in [0.4, 0.5) is 8.78 Å². The second kappa shape index (κ2) is 9.39. The zero-order valence-corrected chi connectivity index (χ0v) is 18.4. The Labute approximate surface area is 196 Å². The summed E-state index contributed by atoms with van der Waals surface area (Å²) in [5.74, 6) is -2.22. The molecule has 4 rings (SSSR count). The normalized spacial score (nSPS) is 18.8. The van der Waals surface area contributed by atoms with Crippen LogP contribution in [-0.2, 0) is 16.0 Å². The highest BCUT2D eigenvalue weighted by Gasteiger charge is 2.33. The Balaban J connectivity index is 1.75. The molecule has 0 radical (unpaired) electrons. The number of amides is 2. The SMILES string of the molecule is N#Cc1cn([C@@H](Cc2cccc(Cl)c2F)C(=O)NC(=O)[C@@H]2C[C@@H](F)CN2)c2ncnc(Cl)c12. The standard InChI is InChI=1S/C21H16Cl2F2N6O2/c22-13-3-1-2-10(17(13)25)4-15(21(33)30-20(32)14-5-12(24)7-27-14)31-8-11(6-26)16-18(23)28-9-29-19(16)31/h1-3,8-9,12,14-15,27H,4-5,7H2,(H,30,32,33)/t12-,14+,15+/m1/s1. The van der Waals surface area contributed by atoms with Gasteiger partial charge in [0.05, 0.1) is 22.0 Å². The molecule has 1 fully saturated rings. The number of halogens is 4. The number of nitriles is 1. The molecule has 12 heteroatoms. The van der Waals surface area contributed by atoms with Gasteiger partial charge in [0.1, 0.15) is 41.2 Å². The van der Waals surface area contributed by atoms with Crippen molar-refractivity contribution < 1.29 is 18.4 Å². The highest BCUT2D eigenvalue weighted by Crippen LogP contribution is 2.30. The Morgan fingerprint density at radius 1 is 1.36 bits per heavy atom. The van der Waals surface area contributed by atoms with Crippen molar-refractivity contribution in [3.63, 3.8) is 0 Å². The number of alkyl halides is 1. The fourth-order valence-electron chi connectivity index (χ4n) is 3.79. The number of hydrogen-bond donors (Lipinski definition) is 2. The van der Waals surface area contributed by atoms with Crippen LogP contribution in [0.5, 0.6) is 0 Å². The lowest BCUT2D eigenvalue weighted by Gasteiger charge is -2.20. The molecule has 2 N–H and O–H groups in total. The second-order valence-corrected chi connectivity index (χ2v) is 8.27. The van der Waals surface area contributed by atoms with Crippen molar-refractivity contribution in [2.45, 2.75) is 31.1 Å². The zero-order valence-electron chi connectivity index (χ0n) is 16.9. The molecule has 3 heterocycles. The lowest BCUT2D eigenvalue weighted by Crippen LogP contribution is -2.46. The second-order valence-electron chi connectivity index (χ2n) is 7.51. The van der Waals surface area contributed by atoms with Crippen LogP contribution in [0.25, 0.3) is 11.0 Å². The number of carbonyl (C=O) groups excluding carboxylic acids is 2. The summed E-state index contributed by atoms with van der Waals surface area (Å²) in [6.45, 7) is 0.00657. The van der Waals surface area contributed by atoms with Gasteiger partial charge in [-0.25, -0.2) is 18.7 Å². The molecule has 170 valence electrons. The molecule has 3 aromatic rings. The number of imide groups is 1. The molecule has 0 unspecified atom stereocenters. The third kappa shape index (κ3) is 4.53. The third-order valence-electron chi connectivity index (χ3n) is 5.41. The van der Waals surface area contributed by atoms with E-state index >= 15 is 0 Å². The predicted octanol–water partition coefficient (Wildman–Crippen LogP) is 2.88. The molecular weight excluding hydrogens is 477 g/mol. The molecule has 0 bridgehead atoms. The number of carbonyl (C=O) groups is 2. The molecule has 0 aliphatic carbocycles. The van der Waals surface area contributed by atoms with Crippen LogP contribution in [0.1, 0.15) is 23.6 Å². The number of nitrogens with zero attached hydrogens (tertiary/aromatic N) is 4. The molecule has 2 aromatic heterocycles. The van der Waals surface area contributed by atoms with E-state index in [1.807, 2.05) is 6.07 Å². The van der Waals surface area contributed by atoms with Crippen LogP contribution >= 0.6 is 23.2 Å². The quantitative estimate of drug-likeness (QED) is 0.529. The number of fused-ring (bicyclic) bond motifs is 1. The first-order chi connectivity index (χ1) is 15.8. The molecule has 1 saturated heterocycles. The first kappa shape index (κ1) is 23.0. The molecule has 1 aliphatic heterocycles. The molecule has 1 aromatic carbocycles. The number of aromatic nitrogens is 3. The maximum Gasteiger partial charge on any atom is 0.250 e. The minimum absolute atomic E-state index is 0.00335. The Bertz CT molecular complexity index is 1290. The smallest absolute Gasteiger partial charge is 0.250 e. The zero-order chi connectivity index (χ0) is 23.7. The van der Waals surface area contributed by atoms with E-state index in [1.165, 1.54) is 29.0 Å². The van der Waals surface area contributed by atoms with Gasteiger partial charge in [-0.05, 0) is 11.6 Å². The van der Waals surface area contributed by atoms with E-state index in [9.17, 15) is 23.6 Å². The van der Waals surface area contributed by atoms with Crippen LogP contribution < -0.4 is 10.6 Å². The van der Waals surface area contributed by atoms with E-state index in [1.54, 1.807) is 0 Å². The summed E-state index contributed by atoms with van der Waals surface area (Å²) < 4.78 is 29.5. The van der Waals surface area contributed by atoms with Gasteiger partial charge in [0.2, 0.25) is 11.8 Å². The molecule has 0 spiro atoms. The van der Waals surface area contributed by atoms with Gasteiger partial charge in [-0.2, -0.15) is 5.26 Å². The van der Waals surface area contributed by atoms with E-state index in [2.05, 4.69) is 20.6 Å². The van der Waals surface area contributed by atoms with Gasteiger partial charge in [0.15, 0.2) is 0 Å². The van der Waals surface area contributed by atoms with E-state index in [0.29, 0.717) is 0 Å². The van der Waals surface area contributed by atoms with Crippen molar-refractivity contribution in [2.24, 2.45) is 0 Å². The van der Waals surface area contributed by atoms with E-state index in [-0.39, 0.29) is 51.7 Å². The van der Waals surface area contributed by atoms with Crippen molar-refractivity contribution in [2.75, 3.05) is 6.54 Å². The highest BCUT2D eigenvalue weighted by molar-refractivity contribution is 6.34. The molecule has 33 heavy (non-hydrogen) atoms. The van der Waals surface area contributed by atoms with Crippen LogP contribution in [0.2, 0.25) is 10.2 Å². The van der Waals surface area contributed by atoms with E-state index < -0.39 is 35.9 Å². The summed E-state index contributed by atoms with van der Waals surface area (Å²) in [7, 11) is 0. The summed E-state index contributed by atoms with van der Waals surface area (Å²) in [6, 6.07) is 4.23. The van der Waals surface area contributed by atoms with Gasteiger partial charge in [0, 0.05) is 25.6 Å². The Morgan fingerprint density at radius 3 is 2.85 bits per heavy atom. The molecule has 8 nitrogen and oxygen atoms in total. The van der Waals surface area contributed by atoms with Crippen LogP contribution in [0, 0.1) is 17.1 Å². The average Bonchev–Trinajstić information content (AvgIpc) is 3.39. The summed E-state index contributed by atoms with van der Waals surface area (Å²) in [6.07, 6.45) is 1.02. The third-order valence-corrected chi connectivity index (χ3v) is 5.99. The highest BCUT2D eigenvalue weighted by atomic mass is 35.5. The van der Waals surface area contributed by atoms with Crippen LogP contribution in [0.15, 0.2) is 30.7 Å². The molecule has 1 aliphatic rings. The van der Waals surface area contributed by atoms with Crippen molar-refractivity contribution in [3.05, 3.63) is 57.8 Å². The minimum atomic E-state index is -1.21. The topological polar surface area (TPSA) is 113 Å². The van der Waals surface area contributed by atoms with Gasteiger partial charge in [0.25, 0.3) is 0 Å². The van der Waals surface area contributed by atoms with Gasteiger partial charge >= 0.3 is 0 Å². The number of benzene rings is 1. The first-order valence-electron chi connectivity index (χ1n) is 9.86. The Hall–Kier alpha value is -3.13. The lowest BCUT2D eigenvalue weighted by molar-refractivity contribution is -0.133. The summed E-state index contributed by atoms with van der Waals surface area (Å²) in [5, 5.41) is 14.6. The Morgan fingerprint density at radius 2 is 2.15 bits per heavy atom. The number of nitrogens with one attached hydrogen (secondary N) is 2. The number of rotatable bonds is 5. The maximum absolute atomic E-state index is 14.7. The first-order valence-corrected chi connectivity index (χ1v) is 10.6. The van der Waals surface area contributed by atoms with Gasteiger partial charge in [-0.1, -0.05) is 35.3 Å². The minimum Gasteiger partial charge on any atom is -0.318 e. The van der Waals surface area contributed by atoms with Crippen molar-refractivity contribution >= 4 is 46.0 Å². The molecule has 2 amide bonds. The van der Waals surface area contributed by atoms with Gasteiger partial charge in [-0.3, -0.25) is 14.9 Å². The largest absolute Gasteiger partial charge is 0.318 e. The molecular formula is C21H16Cl2F2N6O2. The molecule has 0 saturated carbocycles. The predicted molar refractivity (Wildman–Crippen MR) is 116 cm³/mol. The fraction of sp³-hybridized carbons (Fsp3) is 0.286. The monoisotopic (exact) mass is 492 g/mol. The van der Waals surface area contributed by atoms with Crippen LogP contribution in [-0.4, -0.2) is 45.1 Å². The number of hydrogen-bond acceptors (Lipinski definition) is 6. The van der Waals surface area contributed by atoms with E-state index in [0.717, 1.165) is 6.33 Å². The molecule has 3 atom stereocenters. The van der Waals surface area contributed by atoms with Gasteiger partial charge < -0.3 is 9.88 Å². The van der Waals surface area contributed by atoms with E-state index in [4.69, 9.17) is 23.2 Å².